The standard InChI is InChI=1S/C46H58N8O7/c1-29(55)40-46(61)53(3)39(26-31-17-8-5-9-18-31)45(60)54-24-14-22-37(54)42(57)50-36(25-30-15-6-4-7-16-30)44(59)52(2)38(27-32-28-48-34-20-11-10-19-33(32)34)43(58)49-35(41(56)51-40)21-12-13-23-47/h4-11,15-20,28-29,35-40,48,55H,12-14,21-27,47H2,1-3H3,(H,49,58)(H,50,57)(H,51,56)/t29-,35+,36+,37+,38-,39+,40+/m1/s1. The molecule has 0 spiro atoms. The third kappa shape index (κ3) is 10.6. The van der Waals surface area contributed by atoms with Gasteiger partial charge in [-0.1, -0.05) is 78.9 Å². The number of unbranched alkanes of at least 4 members (excludes halogenated alkanes) is 1. The predicted octanol–water partition coefficient (Wildman–Crippen LogP) is 1.82. The van der Waals surface area contributed by atoms with E-state index < -0.39 is 77.8 Å². The number of carbonyl (C=O) groups excluding carboxylic acids is 6. The molecule has 2 fully saturated rings. The lowest BCUT2D eigenvalue weighted by Crippen LogP contribution is -2.63. The van der Waals surface area contributed by atoms with Gasteiger partial charge in [-0.25, -0.2) is 0 Å². The van der Waals surface area contributed by atoms with Crippen molar-refractivity contribution in [2.24, 2.45) is 5.73 Å². The molecule has 2 saturated heterocycles. The summed E-state index contributed by atoms with van der Waals surface area (Å²) < 4.78 is 0. The first-order valence-corrected chi connectivity index (χ1v) is 21.1. The SMILES string of the molecule is C[C@@H](O)[C@@H]1NC(=O)[C@H](CCCCN)NC(=O)[C@@H](Cc2c[nH]c3ccccc23)N(C)C(=O)[C@H](Cc2ccccc2)NC(=O)[C@@H]2CCCN2C(=O)[C@H](Cc2ccccc2)N(C)C1=O. The number of aliphatic hydroxyl groups excluding tert-OH is 1. The number of para-hydroxylation sites is 1. The Morgan fingerprint density at radius 1 is 0.689 bits per heavy atom. The first kappa shape index (κ1) is 44.5. The Labute approximate surface area is 356 Å². The van der Waals surface area contributed by atoms with Gasteiger partial charge >= 0.3 is 0 Å². The molecule has 7 atom stereocenters. The molecule has 324 valence electrons. The highest BCUT2D eigenvalue weighted by Crippen LogP contribution is 2.25. The van der Waals surface area contributed by atoms with Crippen molar-refractivity contribution in [1.29, 1.82) is 0 Å². The summed E-state index contributed by atoms with van der Waals surface area (Å²) in [7, 11) is 2.95. The van der Waals surface area contributed by atoms with Crippen molar-refractivity contribution in [1.82, 2.24) is 35.6 Å². The highest BCUT2D eigenvalue weighted by molar-refractivity contribution is 5.99. The molecule has 0 aliphatic carbocycles. The average molecular weight is 835 g/mol. The van der Waals surface area contributed by atoms with Gasteiger partial charge in [0.1, 0.15) is 36.3 Å². The van der Waals surface area contributed by atoms with Crippen molar-refractivity contribution >= 4 is 46.3 Å². The molecule has 0 radical (unpaired) electrons. The van der Waals surface area contributed by atoms with Crippen molar-refractivity contribution in [2.75, 3.05) is 27.2 Å². The Balaban J connectivity index is 1.44. The number of rotatable bonds is 11. The second kappa shape index (κ2) is 20.5. The molecule has 6 amide bonds. The normalized spacial score (nSPS) is 24.2. The zero-order valence-corrected chi connectivity index (χ0v) is 35.1. The number of carbonyl (C=O) groups is 6. The molecule has 6 rings (SSSR count). The molecule has 0 unspecified atom stereocenters. The van der Waals surface area contributed by atoms with Crippen LogP contribution < -0.4 is 21.7 Å². The summed E-state index contributed by atoms with van der Waals surface area (Å²) in [4.78, 5) is 94.7. The van der Waals surface area contributed by atoms with Crippen LogP contribution in [0.15, 0.2) is 91.1 Å². The first-order chi connectivity index (χ1) is 29.4. The van der Waals surface area contributed by atoms with E-state index in [0.717, 1.165) is 27.6 Å². The summed E-state index contributed by atoms with van der Waals surface area (Å²) in [5, 5.41) is 20.4. The van der Waals surface area contributed by atoms with E-state index in [2.05, 4.69) is 20.9 Å². The van der Waals surface area contributed by atoms with Crippen molar-refractivity contribution in [3.63, 3.8) is 0 Å². The van der Waals surface area contributed by atoms with Gasteiger partial charge in [0, 0.05) is 57.0 Å². The fraction of sp³-hybridized carbons (Fsp3) is 0.435. The maximum atomic E-state index is 14.9. The monoisotopic (exact) mass is 834 g/mol. The molecule has 2 aliphatic rings. The van der Waals surface area contributed by atoms with Gasteiger partial charge in [-0.3, -0.25) is 28.8 Å². The lowest BCUT2D eigenvalue weighted by atomic mass is 9.99. The summed E-state index contributed by atoms with van der Waals surface area (Å²) in [5.74, 6) is -3.64. The zero-order valence-electron chi connectivity index (χ0n) is 35.1. The van der Waals surface area contributed by atoms with Crippen LogP contribution in [0, 0.1) is 0 Å². The number of H-pyrrole nitrogens is 1. The Bertz CT molecular complexity index is 2160. The summed E-state index contributed by atoms with van der Waals surface area (Å²) in [6, 6.07) is 18.8. The Kier molecular flexibility index (Phi) is 14.9. The Morgan fingerprint density at radius 3 is 1.98 bits per heavy atom. The number of benzene rings is 3. The number of amides is 6. The quantitative estimate of drug-likeness (QED) is 0.123. The maximum Gasteiger partial charge on any atom is 0.248 e. The lowest BCUT2D eigenvalue weighted by Gasteiger charge is -2.37. The second-order valence-corrected chi connectivity index (χ2v) is 16.2. The van der Waals surface area contributed by atoms with Gasteiger partial charge in [0.15, 0.2) is 0 Å². The van der Waals surface area contributed by atoms with Gasteiger partial charge in [0.2, 0.25) is 35.4 Å². The van der Waals surface area contributed by atoms with Crippen LogP contribution in [0.2, 0.25) is 0 Å². The fourth-order valence-corrected chi connectivity index (χ4v) is 8.40. The van der Waals surface area contributed by atoms with Crippen LogP contribution in [0.5, 0.6) is 0 Å². The molecular formula is C46H58N8O7. The number of nitrogens with two attached hydrogens (primary N) is 1. The van der Waals surface area contributed by atoms with Gasteiger partial charge in [0.05, 0.1) is 6.10 Å². The number of nitrogens with one attached hydrogen (secondary N) is 4. The average Bonchev–Trinajstić information content (AvgIpc) is 3.93. The summed E-state index contributed by atoms with van der Waals surface area (Å²) in [5.41, 5.74) is 8.91. The molecule has 1 aromatic heterocycles. The molecule has 2 aliphatic heterocycles. The number of fused-ring (bicyclic) bond motifs is 2. The van der Waals surface area contributed by atoms with Gasteiger partial charge in [-0.05, 0) is 68.3 Å². The lowest BCUT2D eigenvalue weighted by molar-refractivity contribution is -0.150. The summed E-state index contributed by atoms with van der Waals surface area (Å²) in [6.45, 7) is 1.93. The Morgan fingerprint density at radius 2 is 1.31 bits per heavy atom. The minimum atomic E-state index is -1.50. The van der Waals surface area contributed by atoms with Crippen molar-refractivity contribution in [2.45, 2.75) is 101 Å². The number of hydrogen-bond donors (Lipinski definition) is 6. The van der Waals surface area contributed by atoms with Crippen LogP contribution in [-0.2, 0) is 48.0 Å². The first-order valence-electron chi connectivity index (χ1n) is 21.1. The van der Waals surface area contributed by atoms with Gasteiger partial charge < -0.3 is 46.5 Å². The van der Waals surface area contributed by atoms with Crippen molar-refractivity contribution in [3.8, 4) is 0 Å². The number of likely N-dealkylation sites (N-methyl/N-ethyl adjacent to an activating group) is 2. The minimum Gasteiger partial charge on any atom is -0.391 e. The van der Waals surface area contributed by atoms with E-state index in [-0.39, 0.29) is 32.2 Å². The fourth-order valence-electron chi connectivity index (χ4n) is 8.40. The van der Waals surface area contributed by atoms with Crippen LogP contribution in [0.3, 0.4) is 0 Å². The number of aromatic amines is 1. The molecule has 0 saturated carbocycles. The predicted molar refractivity (Wildman–Crippen MR) is 231 cm³/mol. The smallest absolute Gasteiger partial charge is 0.248 e. The van der Waals surface area contributed by atoms with Gasteiger partial charge in [-0.2, -0.15) is 0 Å². The summed E-state index contributed by atoms with van der Waals surface area (Å²) in [6.07, 6.45) is 2.56. The second-order valence-electron chi connectivity index (χ2n) is 16.2. The highest BCUT2D eigenvalue weighted by atomic mass is 16.3. The maximum absolute atomic E-state index is 14.9. The number of aromatic nitrogens is 1. The molecule has 3 aromatic carbocycles. The van der Waals surface area contributed by atoms with Crippen LogP contribution in [0.25, 0.3) is 10.9 Å². The molecular weight excluding hydrogens is 777 g/mol. The Hall–Kier alpha value is -6.06. The van der Waals surface area contributed by atoms with Gasteiger partial charge in [0.25, 0.3) is 0 Å². The van der Waals surface area contributed by atoms with Crippen LogP contribution in [0.4, 0.5) is 0 Å². The molecule has 15 heteroatoms. The van der Waals surface area contributed by atoms with E-state index in [1.807, 2.05) is 84.9 Å². The van der Waals surface area contributed by atoms with E-state index in [1.54, 1.807) is 6.20 Å². The topological polar surface area (TPSA) is 210 Å². The third-order valence-electron chi connectivity index (χ3n) is 11.9. The zero-order chi connectivity index (χ0) is 43.6. The van der Waals surface area contributed by atoms with Gasteiger partial charge in [-0.15, -0.1) is 0 Å². The largest absolute Gasteiger partial charge is 0.391 e. The number of hydrogen-bond acceptors (Lipinski definition) is 8. The molecule has 61 heavy (non-hydrogen) atoms. The van der Waals surface area contributed by atoms with E-state index in [1.165, 1.54) is 35.7 Å². The van der Waals surface area contributed by atoms with Crippen molar-refractivity contribution < 1.29 is 33.9 Å². The molecule has 15 nitrogen and oxygen atoms in total. The highest BCUT2D eigenvalue weighted by Gasteiger charge is 2.43. The molecule has 4 aromatic rings. The third-order valence-corrected chi connectivity index (χ3v) is 11.9. The van der Waals surface area contributed by atoms with Crippen LogP contribution in [-0.4, -0.2) is 130 Å². The summed E-state index contributed by atoms with van der Waals surface area (Å²) >= 11 is 0. The molecule has 7 N–H and O–H groups in total. The molecule has 0 bridgehead atoms. The van der Waals surface area contributed by atoms with Crippen LogP contribution >= 0.6 is 0 Å². The minimum absolute atomic E-state index is 0.0501. The number of nitrogens with zero attached hydrogens (tertiary/aromatic N) is 3. The van der Waals surface area contributed by atoms with E-state index in [9.17, 15) is 33.9 Å². The van der Waals surface area contributed by atoms with E-state index in [4.69, 9.17) is 5.73 Å². The van der Waals surface area contributed by atoms with Crippen LogP contribution in [0.1, 0.15) is 55.7 Å². The van der Waals surface area contributed by atoms with E-state index in [0.29, 0.717) is 32.2 Å². The number of aliphatic hydroxyl groups is 1. The molecule has 3 heterocycles. The van der Waals surface area contributed by atoms with Crippen molar-refractivity contribution in [3.05, 3.63) is 108 Å². The van der Waals surface area contributed by atoms with E-state index >= 15 is 0 Å².